The molecule has 4 unspecified atom stereocenters. The van der Waals surface area contributed by atoms with Crippen LogP contribution in [0.15, 0.2) is 12.2 Å². The summed E-state index contributed by atoms with van der Waals surface area (Å²) in [5.41, 5.74) is -1.08. The Bertz CT molecular complexity index is 427. The number of carbonyl (C=O) groups excluding carboxylic acids is 1. The number of nitrogens with zero attached hydrogens (tertiary/aromatic N) is 1. The molecular formula is C15H22N2O. The molecule has 3 nitrogen and oxygen atoms in total. The molecule has 2 aliphatic carbocycles. The van der Waals surface area contributed by atoms with E-state index in [4.69, 9.17) is 0 Å². The van der Waals surface area contributed by atoms with Crippen LogP contribution in [-0.4, -0.2) is 11.4 Å². The van der Waals surface area contributed by atoms with Crippen LogP contribution in [0.4, 0.5) is 0 Å². The Morgan fingerprint density at radius 2 is 1.94 bits per heavy atom. The van der Waals surface area contributed by atoms with Crippen LogP contribution >= 0.6 is 0 Å². The van der Waals surface area contributed by atoms with Crippen LogP contribution in [0.1, 0.15) is 40.5 Å². The van der Waals surface area contributed by atoms with Gasteiger partial charge in [-0.15, -0.1) is 0 Å². The third-order valence-corrected chi connectivity index (χ3v) is 4.71. The molecule has 3 heteroatoms. The molecule has 1 fully saturated rings. The summed E-state index contributed by atoms with van der Waals surface area (Å²) >= 11 is 0. The highest BCUT2D eigenvalue weighted by molar-refractivity contribution is 5.81. The van der Waals surface area contributed by atoms with Gasteiger partial charge in [0.05, 0.1) is 6.07 Å². The zero-order chi connectivity index (χ0) is 13.6. The molecule has 0 heterocycles. The molecule has 98 valence electrons. The quantitative estimate of drug-likeness (QED) is 0.761. The Morgan fingerprint density at radius 1 is 1.28 bits per heavy atom. The average Bonchev–Trinajstić information content (AvgIpc) is 2.88. The molecule has 2 bridgehead atoms. The number of nitriles is 1. The van der Waals surface area contributed by atoms with E-state index in [-0.39, 0.29) is 17.2 Å². The van der Waals surface area contributed by atoms with Crippen LogP contribution < -0.4 is 5.32 Å². The third kappa shape index (κ3) is 2.05. The lowest BCUT2D eigenvalue weighted by Gasteiger charge is -2.37. The van der Waals surface area contributed by atoms with E-state index >= 15 is 0 Å². The molecule has 0 aromatic heterocycles. The summed E-state index contributed by atoms with van der Waals surface area (Å²) in [5, 5.41) is 12.3. The van der Waals surface area contributed by atoms with Gasteiger partial charge in [-0.25, -0.2) is 0 Å². The highest BCUT2D eigenvalue weighted by Gasteiger charge is 2.44. The molecule has 2 rings (SSSR count). The smallest absolute Gasteiger partial charge is 0.224 e. The Labute approximate surface area is 109 Å². The fourth-order valence-corrected chi connectivity index (χ4v) is 2.80. The molecule has 1 amide bonds. The number of rotatable bonds is 2. The van der Waals surface area contributed by atoms with E-state index in [0.29, 0.717) is 11.8 Å². The molecule has 0 saturated heterocycles. The number of nitrogens with one attached hydrogen (secondary N) is 1. The summed E-state index contributed by atoms with van der Waals surface area (Å²) in [4.78, 5) is 12.4. The fourth-order valence-electron chi connectivity index (χ4n) is 2.80. The van der Waals surface area contributed by atoms with Crippen molar-refractivity contribution < 1.29 is 4.79 Å². The van der Waals surface area contributed by atoms with Gasteiger partial charge in [-0.05, 0) is 37.0 Å². The largest absolute Gasteiger partial charge is 0.337 e. The highest BCUT2D eigenvalue weighted by atomic mass is 16.2. The predicted molar refractivity (Wildman–Crippen MR) is 70.5 cm³/mol. The Balaban J connectivity index is 2.08. The SMILES string of the molecule is CC(C)(C)C(C)(C#N)NC(=O)C1CC2C=CC1C2. The summed E-state index contributed by atoms with van der Waals surface area (Å²) in [6.45, 7) is 7.76. The minimum atomic E-state index is -0.810. The van der Waals surface area contributed by atoms with Crippen LogP contribution in [0, 0.1) is 34.5 Å². The van der Waals surface area contributed by atoms with E-state index in [1.165, 1.54) is 0 Å². The average molecular weight is 246 g/mol. The number of carbonyl (C=O) groups is 1. The maximum absolute atomic E-state index is 12.4. The summed E-state index contributed by atoms with van der Waals surface area (Å²) < 4.78 is 0. The zero-order valence-corrected chi connectivity index (χ0v) is 11.7. The lowest BCUT2D eigenvalue weighted by molar-refractivity contribution is -0.128. The molecule has 2 aliphatic rings. The number of allylic oxidation sites excluding steroid dienone is 2. The van der Waals surface area contributed by atoms with Gasteiger partial charge in [0.25, 0.3) is 0 Å². The Hall–Kier alpha value is -1.30. The van der Waals surface area contributed by atoms with E-state index < -0.39 is 5.54 Å². The van der Waals surface area contributed by atoms with Crippen LogP contribution in [0.2, 0.25) is 0 Å². The van der Waals surface area contributed by atoms with Crippen LogP contribution in [0.3, 0.4) is 0 Å². The standard InChI is InChI=1S/C15H22N2O/c1-14(2,3)15(4,9-16)17-13(18)12-8-10-5-6-11(12)7-10/h5-6,10-12H,7-8H2,1-4H3,(H,17,18). The number of amides is 1. The maximum Gasteiger partial charge on any atom is 0.224 e. The first-order chi connectivity index (χ1) is 8.27. The van der Waals surface area contributed by atoms with E-state index in [2.05, 4.69) is 23.5 Å². The lowest BCUT2D eigenvalue weighted by Crippen LogP contribution is -2.55. The van der Waals surface area contributed by atoms with E-state index in [0.717, 1.165) is 12.8 Å². The monoisotopic (exact) mass is 246 g/mol. The number of hydrogen-bond donors (Lipinski definition) is 1. The van der Waals surface area contributed by atoms with E-state index in [1.54, 1.807) is 0 Å². The molecule has 4 atom stereocenters. The number of fused-ring (bicyclic) bond motifs is 2. The third-order valence-electron chi connectivity index (χ3n) is 4.71. The summed E-state index contributed by atoms with van der Waals surface area (Å²) in [6, 6.07) is 2.27. The molecular weight excluding hydrogens is 224 g/mol. The van der Waals surface area contributed by atoms with Crippen molar-refractivity contribution in [3.63, 3.8) is 0 Å². The first-order valence-electron chi connectivity index (χ1n) is 6.68. The van der Waals surface area contributed by atoms with Gasteiger partial charge in [0.1, 0.15) is 5.54 Å². The second kappa shape index (κ2) is 4.12. The normalized spacial score (nSPS) is 32.9. The van der Waals surface area contributed by atoms with Crippen LogP contribution in [0.25, 0.3) is 0 Å². The molecule has 0 aliphatic heterocycles. The topological polar surface area (TPSA) is 52.9 Å². The van der Waals surface area contributed by atoms with Gasteiger partial charge in [-0.1, -0.05) is 32.9 Å². The molecule has 1 N–H and O–H groups in total. The second-order valence-electron chi connectivity index (χ2n) is 6.86. The zero-order valence-electron chi connectivity index (χ0n) is 11.7. The van der Waals surface area contributed by atoms with E-state index in [9.17, 15) is 10.1 Å². The van der Waals surface area contributed by atoms with Crippen molar-refractivity contribution >= 4 is 5.91 Å². The lowest BCUT2D eigenvalue weighted by atomic mass is 9.75. The second-order valence-corrected chi connectivity index (χ2v) is 6.86. The summed E-state index contributed by atoms with van der Waals surface area (Å²) in [6.07, 6.45) is 6.44. The Kier molecular flexibility index (Phi) is 3.01. The van der Waals surface area contributed by atoms with Gasteiger partial charge in [-0.3, -0.25) is 4.79 Å². The summed E-state index contributed by atoms with van der Waals surface area (Å²) in [5.74, 6) is 1.08. The Morgan fingerprint density at radius 3 is 2.33 bits per heavy atom. The van der Waals surface area contributed by atoms with Gasteiger partial charge in [0.2, 0.25) is 5.91 Å². The van der Waals surface area contributed by atoms with Crippen molar-refractivity contribution in [3.05, 3.63) is 12.2 Å². The first kappa shape index (κ1) is 13.1. The van der Waals surface area contributed by atoms with Crippen molar-refractivity contribution in [3.8, 4) is 6.07 Å². The molecule has 0 radical (unpaired) electrons. The van der Waals surface area contributed by atoms with Gasteiger partial charge < -0.3 is 5.32 Å². The van der Waals surface area contributed by atoms with Crippen LogP contribution in [-0.2, 0) is 4.79 Å². The predicted octanol–water partition coefficient (Wildman–Crippen LogP) is 2.64. The van der Waals surface area contributed by atoms with Crippen molar-refractivity contribution in [1.29, 1.82) is 5.26 Å². The molecule has 0 aromatic rings. The molecule has 1 saturated carbocycles. The summed E-state index contributed by atoms with van der Waals surface area (Å²) in [7, 11) is 0. The molecule has 0 aromatic carbocycles. The maximum atomic E-state index is 12.4. The minimum Gasteiger partial charge on any atom is -0.337 e. The van der Waals surface area contributed by atoms with Crippen LogP contribution in [0.5, 0.6) is 0 Å². The van der Waals surface area contributed by atoms with Gasteiger partial charge >= 0.3 is 0 Å². The van der Waals surface area contributed by atoms with Crippen molar-refractivity contribution in [2.45, 2.75) is 46.1 Å². The first-order valence-corrected chi connectivity index (χ1v) is 6.68. The van der Waals surface area contributed by atoms with Gasteiger partial charge in [-0.2, -0.15) is 5.26 Å². The van der Waals surface area contributed by atoms with Crippen molar-refractivity contribution in [1.82, 2.24) is 5.32 Å². The van der Waals surface area contributed by atoms with Crippen molar-refractivity contribution in [2.75, 3.05) is 0 Å². The van der Waals surface area contributed by atoms with Gasteiger partial charge in [0.15, 0.2) is 0 Å². The van der Waals surface area contributed by atoms with Gasteiger partial charge in [0, 0.05) is 5.92 Å². The van der Waals surface area contributed by atoms with Crippen molar-refractivity contribution in [2.24, 2.45) is 23.2 Å². The highest BCUT2D eigenvalue weighted by Crippen LogP contribution is 2.44. The number of hydrogen-bond acceptors (Lipinski definition) is 2. The fraction of sp³-hybridized carbons (Fsp3) is 0.733. The van der Waals surface area contributed by atoms with E-state index in [1.807, 2.05) is 27.7 Å². The molecule has 18 heavy (non-hydrogen) atoms. The minimum absolute atomic E-state index is 0.0471. The molecule has 0 spiro atoms.